The van der Waals surface area contributed by atoms with Crippen LogP contribution in [0, 0.1) is 11.8 Å². The van der Waals surface area contributed by atoms with Crippen molar-refractivity contribution in [1.29, 1.82) is 0 Å². The van der Waals surface area contributed by atoms with E-state index in [0.717, 1.165) is 43.8 Å². The summed E-state index contributed by atoms with van der Waals surface area (Å²) in [5.41, 5.74) is 1.31. The van der Waals surface area contributed by atoms with Crippen molar-refractivity contribution in [2.45, 2.75) is 33.7 Å². The number of ether oxygens (including phenoxy) is 1. The summed E-state index contributed by atoms with van der Waals surface area (Å²) in [5.74, 6) is 2.62. The molecule has 0 bridgehead atoms. The van der Waals surface area contributed by atoms with E-state index in [1.165, 1.54) is 25.1 Å². The van der Waals surface area contributed by atoms with Crippen LogP contribution in [0.15, 0.2) is 24.3 Å². The van der Waals surface area contributed by atoms with Gasteiger partial charge in [0, 0.05) is 26.2 Å². The second-order valence-corrected chi connectivity index (χ2v) is 6.48. The molecule has 0 aromatic heterocycles. The lowest BCUT2D eigenvalue weighted by Crippen LogP contribution is -2.40. The van der Waals surface area contributed by atoms with E-state index in [4.69, 9.17) is 4.74 Å². The van der Waals surface area contributed by atoms with Crippen LogP contribution in [0.25, 0.3) is 0 Å². The van der Waals surface area contributed by atoms with Crippen molar-refractivity contribution in [3.05, 3.63) is 29.8 Å². The molecule has 2 unspecified atom stereocenters. The molecule has 0 spiro atoms. The SMILES string of the molecule is CCNCc1ccc(OCCN2CC(C)CC(C)C2)cc1. The van der Waals surface area contributed by atoms with Crippen LogP contribution >= 0.6 is 0 Å². The largest absolute Gasteiger partial charge is 0.492 e. The van der Waals surface area contributed by atoms with Gasteiger partial charge in [0.15, 0.2) is 0 Å². The molecule has 1 saturated heterocycles. The number of piperidine rings is 1. The fourth-order valence-corrected chi connectivity index (χ4v) is 3.24. The van der Waals surface area contributed by atoms with Crippen LogP contribution in [0.2, 0.25) is 0 Å². The molecule has 1 aromatic rings. The Balaban J connectivity index is 1.70. The summed E-state index contributed by atoms with van der Waals surface area (Å²) in [6.07, 6.45) is 1.37. The Bertz CT molecular complexity index is 394. The average Bonchev–Trinajstić information content (AvgIpc) is 2.45. The predicted molar refractivity (Wildman–Crippen MR) is 88.7 cm³/mol. The van der Waals surface area contributed by atoms with E-state index in [1.54, 1.807) is 0 Å². The molecule has 21 heavy (non-hydrogen) atoms. The Morgan fingerprint density at radius 1 is 1.14 bits per heavy atom. The normalized spacial score (nSPS) is 23.2. The van der Waals surface area contributed by atoms with Gasteiger partial charge in [-0.3, -0.25) is 4.90 Å². The number of benzene rings is 1. The van der Waals surface area contributed by atoms with Gasteiger partial charge in [-0.25, -0.2) is 0 Å². The van der Waals surface area contributed by atoms with E-state index < -0.39 is 0 Å². The fraction of sp³-hybridized carbons (Fsp3) is 0.667. The van der Waals surface area contributed by atoms with Crippen molar-refractivity contribution in [3.8, 4) is 5.75 Å². The van der Waals surface area contributed by atoms with Crippen molar-refractivity contribution in [2.75, 3.05) is 32.8 Å². The molecule has 1 N–H and O–H groups in total. The third-order valence-corrected chi connectivity index (χ3v) is 4.12. The Labute approximate surface area is 129 Å². The number of likely N-dealkylation sites (tertiary alicyclic amines) is 1. The molecular formula is C18H30N2O. The lowest BCUT2D eigenvalue weighted by Gasteiger charge is -2.34. The molecule has 1 aliphatic heterocycles. The van der Waals surface area contributed by atoms with Gasteiger partial charge >= 0.3 is 0 Å². The zero-order valence-corrected chi connectivity index (χ0v) is 13.8. The van der Waals surface area contributed by atoms with E-state index >= 15 is 0 Å². The van der Waals surface area contributed by atoms with Crippen molar-refractivity contribution >= 4 is 0 Å². The van der Waals surface area contributed by atoms with Gasteiger partial charge in [-0.1, -0.05) is 32.9 Å². The first kappa shape index (κ1) is 16.3. The highest BCUT2D eigenvalue weighted by Crippen LogP contribution is 2.20. The highest BCUT2D eigenvalue weighted by atomic mass is 16.5. The highest BCUT2D eigenvalue weighted by Gasteiger charge is 2.21. The lowest BCUT2D eigenvalue weighted by atomic mass is 9.92. The standard InChI is InChI=1S/C18H30N2O/c1-4-19-12-17-5-7-18(8-6-17)21-10-9-20-13-15(2)11-16(3)14-20/h5-8,15-16,19H,4,9-14H2,1-3H3. The number of hydrogen-bond acceptors (Lipinski definition) is 3. The van der Waals surface area contributed by atoms with Gasteiger partial charge < -0.3 is 10.1 Å². The van der Waals surface area contributed by atoms with E-state index in [0.29, 0.717) is 0 Å². The fourth-order valence-electron chi connectivity index (χ4n) is 3.24. The molecule has 2 atom stereocenters. The maximum absolute atomic E-state index is 5.88. The van der Waals surface area contributed by atoms with Gasteiger partial charge in [0.05, 0.1) is 0 Å². The topological polar surface area (TPSA) is 24.5 Å². The first-order chi connectivity index (χ1) is 10.2. The molecule has 0 saturated carbocycles. The van der Waals surface area contributed by atoms with Crippen LogP contribution < -0.4 is 10.1 Å². The number of nitrogens with one attached hydrogen (secondary N) is 1. The van der Waals surface area contributed by atoms with Crippen LogP contribution in [-0.2, 0) is 6.54 Å². The van der Waals surface area contributed by atoms with Gasteiger partial charge in [-0.15, -0.1) is 0 Å². The number of rotatable bonds is 7. The Morgan fingerprint density at radius 2 is 1.81 bits per heavy atom. The number of nitrogens with zero attached hydrogens (tertiary/aromatic N) is 1. The monoisotopic (exact) mass is 290 g/mol. The van der Waals surface area contributed by atoms with Crippen LogP contribution in [0.5, 0.6) is 5.75 Å². The molecule has 3 nitrogen and oxygen atoms in total. The van der Waals surface area contributed by atoms with E-state index in [9.17, 15) is 0 Å². The third-order valence-electron chi connectivity index (χ3n) is 4.12. The van der Waals surface area contributed by atoms with E-state index in [2.05, 4.69) is 55.3 Å². The molecule has 3 heteroatoms. The van der Waals surface area contributed by atoms with E-state index in [1.807, 2.05) is 0 Å². The zero-order chi connectivity index (χ0) is 15.1. The second kappa shape index (κ2) is 8.40. The maximum Gasteiger partial charge on any atom is 0.119 e. The molecule has 2 rings (SSSR count). The van der Waals surface area contributed by atoms with Gasteiger partial charge in [0.1, 0.15) is 12.4 Å². The molecule has 1 aromatic carbocycles. The molecule has 0 amide bonds. The summed E-state index contributed by atoms with van der Waals surface area (Å²) in [5, 5.41) is 3.33. The summed E-state index contributed by atoms with van der Waals surface area (Å²) < 4.78 is 5.88. The highest BCUT2D eigenvalue weighted by molar-refractivity contribution is 5.27. The first-order valence-corrected chi connectivity index (χ1v) is 8.32. The van der Waals surface area contributed by atoms with Gasteiger partial charge in [-0.05, 0) is 42.5 Å². The average molecular weight is 290 g/mol. The number of hydrogen-bond donors (Lipinski definition) is 1. The summed E-state index contributed by atoms with van der Waals surface area (Å²) in [7, 11) is 0. The predicted octanol–water partition coefficient (Wildman–Crippen LogP) is 3.15. The summed E-state index contributed by atoms with van der Waals surface area (Å²) in [6.45, 7) is 13.0. The van der Waals surface area contributed by atoms with Gasteiger partial charge in [0.2, 0.25) is 0 Å². The second-order valence-electron chi connectivity index (χ2n) is 6.48. The minimum absolute atomic E-state index is 0.784. The van der Waals surface area contributed by atoms with Gasteiger partial charge in [-0.2, -0.15) is 0 Å². The molecule has 0 aliphatic carbocycles. The zero-order valence-electron chi connectivity index (χ0n) is 13.8. The molecule has 1 heterocycles. The molecule has 118 valence electrons. The Morgan fingerprint density at radius 3 is 2.43 bits per heavy atom. The summed E-state index contributed by atoms with van der Waals surface area (Å²) in [6, 6.07) is 8.44. The lowest BCUT2D eigenvalue weighted by molar-refractivity contribution is 0.120. The maximum atomic E-state index is 5.88. The van der Waals surface area contributed by atoms with Crippen LogP contribution in [0.4, 0.5) is 0 Å². The van der Waals surface area contributed by atoms with Crippen molar-refractivity contribution in [2.24, 2.45) is 11.8 Å². The molecule has 0 radical (unpaired) electrons. The van der Waals surface area contributed by atoms with Crippen molar-refractivity contribution in [1.82, 2.24) is 10.2 Å². The van der Waals surface area contributed by atoms with Crippen molar-refractivity contribution in [3.63, 3.8) is 0 Å². The minimum Gasteiger partial charge on any atom is -0.492 e. The smallest absolute Gasteiger partial charge is 0.119 e. The van der Waals surface area contributed by atoms with Gasteiger partial charge in [0.25, 0.3) is 0 Å². The quantitative estimate of drug-likeness (QED) is 0.835. The molecule has 1 fully saturated rings. The van der Waals surface area contributed by atoms with Crippen LogP contribution in [-0.4, -0.2) is 37.7 Å². The minimum atomic E-state index is 0.784. The van der Waals surface area contributed by atoms with E-state index in [-0.39, 0.29) is 0 Å². The molecule has 1 aliphatic rings. The third kappa shape index (κ3) is 5.68. The summed E-state index contributed by atoms with van der Waals surface area (Å²) in [4.78, 5) is 2.54. The van der Waals surface area contributed by atoms with Crippen molar-refractivity contribution < 1.29 is 4.74 Å². The molecular weight excluding hydrogens is 260 g/mol. The van der Waals surface area contributed by atoms with Crippen LogP contribution in [0.1, 0.15) is 32.8 Å². The summed E-state index contributed by atoms with van der Waals surface area (Å²) >= 11 is 0. The Kier molecular flexibility index (Phi) is 6.52. The Hall–Kier alpha value is -1.06. The van der Waals surface area contributed by atoms with Crippen LogP contribution in [0.3, 0.4) is 0 Å². The first-order valence-electron chi connectivity index (χ1n) is 8.32.